The lowest BCUT2D eigenvalue weighted by molar-refractivity contribution is -0.143. The van der Waals surface area contributed by atoms with Gasteiger partial charge in [0.05, 0.1) is 39.2 Å². The molecule has 0 fully saturated rings. The van der Waals surface area contributed by atoms with Crippen LogP contribution in [0.2, 0.25) is 0 Å². The first-order valence-corrected chi connectivity index (χ1v) is 32.0. The number of aliphatic hydroxyl groups is 3. The van der Waals surface area contributed by atoms with Crippen molar-refractivity contribution in [2.75, 3.05) is 51.0 Å². The number of carbonyl (C=O) groups is 16. The first-order valence-electron chi connectivity index (χ1n) is 30.7. The van der Waals surface area contributed by atoms with Crippen molar-refractivity contribution in [1.29, 1.82) is 0 Å². The summed E-state index contributed by atoms with van der Waals surface area (Å²) in [5, 5.41) is 78.1. The number of rotatable bonds is 48. The van der Waals surface area contributed by atoms with Crippen molar-refractivity contribution >= 4 is 120 Å². The van der Waals surface area contributed by atoms with Gasteiger partial charge in [0.15, 0.2) is 0 Å². The Balaban J connectivity index is 3.20. The molecule has 0 aliphatic carbocycles. The maximum Gasteiger partial charge on any atom is 0.326 e. The summed E-state index contributed by atoms with van der Waals surface area (Å²) in [6, 6.07) is -18.3. The van der Waals surface area contributed by atoms with Crippen LogP contribution in [-0.2, 0) is 83.1 Å². The van der Waals surface area contributed by atoms with Gasteiger partial charge in [0.25, 0.3) is 0 Å². The number of carboxylic acids is 2. The van der Waals surface area contributed by atoms with Crippen LogP contribution in [0.3, 0.4) is 0 Å². The second kappa shape index (κ2) is 45.6. The highest BCUT2D eigenvalue weighted by Gasteiger charge is 2.36. The minimum atomic E-state index is -1.79. The normalized spacial score (nSPS) is 14.8. The maximum absolute atomic E-state index is 13.9. The van der Waals surface area contributed by atoms with Gasteiger partial charge in [-0.2, -0.15) is 25.3 Å². The number of carboxylic acid groups (broad SMARTS) is 2. The first kappa shape index (κ1) is 86.2. The SMILES string of the molecule is CC(C)C[C@H](NC(=O)CNC(=O)[C@H](CCC(N)=O)NC(=O)[C@H](CS)NC(=O)[C@H](CO)NC(=O)[C@H](CC(C)C)NC(=O)[C@H](Cc1cnc[nH]1)NC(=O)CNC(=O)[C@@H](N)CO)C(=O)N[C@@H](CCCCN)C(=O)N[C@@H](C)C(=O)N[C@@H](CO)C(=O)N[C@@H](CS)C(=O)N[C@@H](CCC(=O)O)C(=O)O. The van der Waals surface area contributed by atoms with Crippen molar-refractivity contribution in [2.45, 2.75) is 171 Å². The summed E-state index contributed by atoms with van der Waals surface area (Å²) in [7, 11) is 0. The number of nitrogens with one attached hydrogen (secondary N) is 14. The molecule has 1 heterocycles. The van der Waals surface area contributed by atoms with E-state index in [0.29, 0.717) is 12.1 Å². The Morgan fingerprint density at radius 2 is 0.876 bits per heavy atom. The zero-order valence-electron chi connectivity index (χ0n) is 54.3. The molecule has 0 aromatic carbocycles. The number of nitrogens with two attached hydrogens (primary N) is 3. The van der Waals surface area contributed by atoms with Crippen LogP contribution >= 0.6 is 25.3 Å². The lowest BCUT2D eigenvalue weighted by Crippen LogP contribution is -2.61. The Hall–Kier alpha value is -8.77. The number of amides is 14. The number of carbonyl (C=O) groups excluding carboxylic acids is 14. The monoisotopic (exact) mass is 1420 g/mol. The highest BCUT2D eigenvalue weighted by atomic mass is 32.1. The van der Waals surface area contributed by atoms with Crippen molar-refractivity contribution in [3.63, 3.8) is 0 Å². The van der Waals surface area contributed by atoms with E-state index in [1.165, 1.54) is 19.4 Å². The Labute approximate surface area is 568 Å². The molecular weight excluding hydrogens is 1320 g/mol. The van der Waals surface area contributed by atoms with Crippen LogP contribution in [-0.4, -0.2) is 254 Å². The lowest BCUT2D eigenvalue weighted by atomic mass is 10.0. The highest BCUT2D eigenvalue weighted by Crippen LogP contribution is 2.11. The number of nitrogens with zero attached hydrogens (tertiary/aromatic N) is 1. The number of imidazole rings is 1. The number of H-pyrrole nitrogens is 1. The number of unbranched alkanes of at least 4 members (excludes halogenated alkanes) is 1. The topological polar surface area (TPSA) is 637 Å². The molecule has 0 spiro atoms. The third kappa shape index (κ3) is 33.6. The van der Waals surface area contributed by atoms with E-state index in [0.717, 1.165) is 0 Å². The summed E-state index contributed by atoms with van der Waals surface area (Å²) in [6.45, 7) is 3.87. The van der Waals surface area contributed by atoms with Gasteiger partial charge in [-0.1, -0.05) is 27.7 Å². The standard InChI is InChI=1S/C56H94N18O21S2/c1-26(2)14-34(49(87)67-31(8-6-7-13-57)48(86)64-28(5)45(83)71-37(21-76)52(90)74-40(24-97)55(93)69-33(56(94)95)10-12-44(81)82)65-43(80)19-62-47(85)32(9-11-41(59)78)68-54(92)39(23-96)73-53(91)38(22-77)72-50(88)35(15-27(3)4)70-51(89)36(16-29-17-60-25-63-29)66-42(79)18-61-46(84)30(58)20-75/h17,25-28,30-40,75-77,96-97H,6-16,18-24,57-58H2,1-5H3,(H2,59,78)(H,60,63)(H,61,84)(H,62,85)(H,64,86)(H,65,80)(H,66,79)(H,67,87)(H,68,92)(H,69,93)(H,70,89)(H,71,83)(H,72,88)(H,73,91)(H,74,90)(H,81,82)(H,94,95)/t28-,30-,31-,32-,33-,34-,35-,36-,37-,38-,39-,40-/m0/s1. The van der Waals surface area contributed by atoms with Gasteiger partial charge in [0.1, 0.15) is 72.5 Å². The van der Waals surface area contributed by atoms with E-state index in [4.69, 9.17) is 27.4 Å². The number of thiol groups is 2. The smallest absolute Gasteiger partial charge is 0.326 e. The fourth-order valence-electron chi connectivity index (χ4n) is 8.60. The summed E-state index contributed by atoms with van der Waals surface area (Å²) in [5.41, 5.74) is 16.9. The molecule has 1 rings (SSSR count). The molecule has 546 valence electrons. The Morgan fingerprint density at radius 1 is 0.474 bits per heavy atom. The molecule has 0 aliphatic rings. The highest BCUT2D eigenvalue weighted by molar-refractivity contribution is 7.80. The average molecular weight is 1420 g/mol. The predicted octanol–water partition coefficient (Wildman–Crippen LogP) is -9.86. The van der Waals surface area contributed by atoms with Crippen molar-refractivity contribution < 1.29 is 102 Å². The van der Waals surface area contributed by atoms with Crippen molar-refractivity contribution in [3.05, 3.63) is 18.2 Å². The van der Waals surface area contributed by atoms with Gasteiger partial charge in [0, 0.05) is 42.7 Å². The molecule has 97 heavy (non-hydrogen) atoms. The van der Waals surface area contributed by atoms with Gasteiger partial charge >= 0.3 is 11.9 Å². The quantitative estimate of drug-likeness (QED) is 0.0213. The second-order valence-corrected chi connectivity index (χ2v) is 23.7. The van der Waals surface area contributed by atoms with Gasteiger partial charge in [-0.15, -0.1) is 0 Å². The van der Waals surface area contributed by atoms with E-state index in [2.05, 4.69) is 104 Å². The summed E-state index contributed by atoms with van der Waals surface area (Å²) >= 11 is 8.14. The minimum Gasteiger partial charge on any atom is -0.481 e. The first-order chi connectivity index (χ1) is 45.6. The number of hydrogen-bond donors (Lipinski definition) is 24. The van der Waals surface area contributed by atoms with E-state index in [1.54, 1.807) is 27.7 Å². The zero-order chi connectivity index (χ0) is 73.6. The van der Waals surface area contributed by atoms with Crippen LogP contribution in [0, 0.1) is 11.8 Å². The zero-order valence-corrected chi connectivity index (χ0v) is 56.1. The Morgan fingerprint density at radius 3 is 1.32 bits per heavy atom. The maximum atomic E-state index is 13.9. The Kier molecular flexibility index (Phi) is 40.6. The molecule has 0 radical (unpaired) electrons. The molecule has 12 atom stereocenters. The molecular formula is C56H94N18O21S2. The average Bonchev–Trinajstić information content (AvgIpc) is 1.33. The van der Waals surface area contributed by atoms with E-state index < -0.39 is 237 Å². The molecule has 0 saturated heterocycles. The largest absolute Gasteiger partial charge is 0.481 e. The fourth-order valence-corrected chi connectivity index (χ4v) is 9.11. The van der Waals surface area contributed by atoms with E-state index in [9.17, 15) is 92.0 Å². The van der Waals surface area contributed by atoms with Crippen LogP contribution in [0.5, 0.6) is 0 Å². The summed E-state index contributed by atoms with van der Waals surface area (Å²) < 4.78 is 0. The summed E-state index contributed by atoms with van der Waals surface area (Å²) in [6.07, 6.45) is 0.908. The summed E-state index contributed by atoms with van der Waals surface area (Å²) in [5.74, 6) is -18.2. The van der Waals surface area contributed by atoms with Gasteiger partial charge in [-0.05, 0) is 70.3 Å². The number of aliphatic hydroxyl groups excluding tert-OH is 3. The fraction of sp³-hybridized carbons (Fsp3) is 0.661. The number of aliphatic carboxylic acids is 2. The van der Waals surface area contributed by atoms with Crippen molar-refractivity contribution in [3.8, 4) is 0 Å². The molecule has 41 heteroatoms. The van der Waals surface area contributed by atoms with E-state index in [1.807, 2.05) is 0 Å². The van der Waals surface area contributed by atoms with Crippen molar-refractivity contribution in [1.82, 2.24) is 79.1 Å². The molecule has 0 saturated carbocycles. The molecule has 0 unspecified atom stereocenters. The predicted molar refractivity (Wildman–Crippen MR) is 347 cm³/mol. The summed E-state index contributed by atoms with van der Waals surface area (Å²) in [4.78, 5) is 215. The third-order valence-electron chi connectivity index (χ3n) is 13.9. The van der Waals surface area contributed by atoms with Crippen LogP contribution in [0.15, 0.2) is 12.5 Å². The molecule has 1 aromatic heterocycles. The third-order valence-corrected chi connectivity index (χ3v) is 14.6. The van der Waals surface area contributed by atoms with Crippen LogP contribution in [0.25, 0.3) is 0 Å². The molecule has 25 N–H and O–H groups in total. The van der Waals surface area contributed by atoms with Crippen LogP contribution in [0.4, 0.5) is 0 Å². The number of hydrogen-bond acceptors (Lipinski definition) is 24. The number of aromatic amines is 1. The Bertz CT molecular complexity index is 2840. The van der Waals surface area contributed by atoms with Gasteiger partial charge in [-0.3, -0.25) is 71.9 Å². The number of primary amides is 1. The molecule has 14 amide bonds. The van der Waals surface area contributed by atoms with Gasteiger partial charge in [-0.25, -0.2) is 9.78 Å². The van der Waals surface area contributed by atoms with E-state index in [-0.39, 0.29) is 50.5 Å². The van der Waals surface area contributed by atoms with Gasteiger partial charge < -0.3 is 117 Å². The van der Waals surface area contributed by atoms with E-state index >= 15 is 0 Å². The number of aromatic nitrogens is 2. The molecule has 0 aliphatic heterocycles. The minimum absolute atomic E-state index is 0.0416. The molecule has 39 nitrogen and oxygen atoms in total. The van der Waals surface area contributed by atoms with Crippen LogP contribution < -0.4 is 86.3 Å². The van der Waals surface area contributed by atoms with Gasteiger partial charge in [0.2, 0.25) is 82.7 Å². The van der Waals surface area contributed by atoms with Crippen molar-refractivity contribution in [2.24, 2.45) is 29.0 Å². The molecule has 1 aromatic rings. The lowest BCUT2D eigenvalue weighted by Gasteiger charge is -2.27. The molecule has 0 bridgehead atoms. The van der Waals surface area contributed by atoms with Crippen LogP contribution in [0.1, 0.15) is 98.1 Å². The second-order valence-electron chi connectivity index (χ2n) is 23.0.